The molecule has 226 valence electrons. The Kier molecular flexibility index (Phi) is 10.4. The van der Waals surface area contributed by atoms with E-state index in [0.29, 0.717) is 12.5 Å². The van der Waals surface area contributed by atoms with Crippen molar-refractivity contribution >= 4 is 5.91 Å². The largest absolute Gasteiger partial charge is 0.351 e. The third kappa shape index (κ3) is 8.11. The van der Waals surface area contributed by atoms with E-state index in [4.69, 9.17) is 11.4 Å². The van der Waals surface area contributed by atoms with E-state index in [1.807, 2.05) is 56.0 Å². The van der Waals surface area contributed by atoms with E-state index in [0.717, 1.165) is 90.7 Å². The molecule has 1 atom stereocenters. The van der Waals surface area contributed by atoms with Crippen molar-refractivity contribution in [3.63, 3.8) is 0 Å². The summed E-state index contributed by atoms with van der Waals surface area (Å²) in [5, 5.41) is 7.55. The number of carbonyl (C=O) groups excluding carboxylic acids is 1. The molecule has 1 aliphatic carbocycles. The monoisotopic (exact) mass is 585 g/mol. The standard InChI is InChI=1S/C38H43N5O/c1-5-30-24-39-36(42-35(30)13-9-10-27(2)3)22-28-14-16-32(17-15-28)37(38(44)40-23-29-11-7-6-8-12-29)33-20-18-31(19-21-33)34-25-41-43(4)26-34/h1,6-8,11-12,18-21,24-26,28,32,37H,2,9-10,13-17,22-23H2,3-4H3,(H,40,44)/t28-,32-,37?. The van der Waals surface area contributed by atoms with E-state index < -0.39 is 0 Å². The Hall–Kier alpha value is -4.50. The van der Waals surface area contributed by atoms with Crippen molar-refractivity contribution in [1.29, 1.82) is 0 Å². The van der Waals surface area contributed by atoms with Crippen molar-refractivity contribution in [3.05, 3.63) is 114 Å². The molecule has 1 fully saturated rings. The predicted molar refractivity (Wildman–Crippen MR) is 177 cm³/mol. The van der Waals surface area contributed by atoms with Gasteiger partial charge < -0.3 is 5.32 Å². The zero-order chi connectivity index (χ0) is 30.9. The van der Waals surface area contributed by atoms with Crippen LogP contribution in [-0.2, 0) is 31.2 Å². The molecule has 6 nitrogen and oxygen atoms in total. The molecule has 0 bridgehead atoms. The van der Waals surface area contributed by atoms with Gasteiger partial charge >= 0.3 is 0 Å². The number of hydrogen-bond donors (Lipinski definition) is 1. The van der Waals surface area contributed by atoms with Crippen LogP contribution in [0.1, 0.15) is 79.6 Å². The Bertz CT molecular complexity index is 1590. The highest BCUT2D eigenvalue weighted by atomic mass is 16.1. The quantitative estimate of drug-likeness (QED) is 0.141. The Labute approximate surface area is 262 Å². The number of nitrogens with zero attached hydrogens (tertiary/aromatic N) is 4. The minimum atomic E-state index is -0.200. The lowest BCUT2D eigenvalue weighted by atomic mass is 9.72. The minimum absolute atomic E-state index is 0.0963. The summed E-state index contributed by atoms with van der Waals surface area (Å²) in [6, 6.07) is 18.6. The van der Waals surface area contributed by atoms with Crippen LogP contribution in [0.5, 0.6) is 0 Å². The summed E-state index contributed by atoms with van der Waals surface area (Å²) in [6.07, 6.45) is 19.2. The Morgan fingerprint density at radius 2 is 1.82 bits per heavy atom. The molecule has 6 heteroatoms. The molecule has 2 heterocycles. The van der Waals surface area contributed by atoms with Crippen LogP contribution in [0.2, 0.25) is 0 Å². The zero-order valence-corrected chi connectivity index (χ0v) is 26.0. The number of nitrogens with one attached hydrogen (secondary N) is 1. The second kappa shape index (κ2) is 14.8. The normalized spacial score (nSPS) is 17.0. The third-order valence-corrected chi connectivity index (χ3v) is 8.82. The topological polar surface area (TPSA) is 72.7 Å². The fourth-order valence-corrected chi connectivity index (χ4v) is 6.40. The number of benzene rings is 2. The van der Waals surface area contributed by atoms with Gasteiger partial charge in [-0.2, -0.15) is 5.10 Å². The Morgan fingerprint density at radius 3 is 2.48 bits per heavy atom. The molecule has 1 unspecified atom stereocenters. The van der Waals surface area contributed by atoms with Gasteiger partial charge in [0.1, 0.15) is 5.82 Å². The summed E-state index contributed by atoms with van der Waals surface area (Å²) in [5.74, 6) is 4.29. The second-order valence-electron chi connectivity index (χ2n) is 12.3. The molecule has 0 radical (unpaired) electrons. The highest BCUT2D eigenvalue weighted by Crippen LogP contribution is 2.40. The van der Waals surface area contributed by atoms with E-state index >= 15 is 0 Å². The summed E-state index contributed by atoms with van der Waals surface area (Å²) in [4.78, 5) is 23.3. The van der Waals surface area contributed by atoms with E-state index in [-0.39, 0.29) is 17.7 Å². The van der Waals surface area contributed by atoms with Crippen molar-refractivity contribution in [2.75, 3.05) is 0 Å². The summed E-state index contributed by atoms with van der Waals surface area (Å²) >= 11 is 0. The zero-order valence-electron chi connectivity index (χ0n) is 26.0. The van der Waals surface area contributed by atoms with Crippen LogP contribution in [0.25, 0.3) is 11.1 Å². The summed E-state index contributed by atoms with van der Waals surface area (Å²) in [7, 11) is 1.92. The van der Waals surface area contributed by atoms with Crippen molar-refractivity contribution in [1.82, 2.24) is 25.1 Å². The fraction of sp³-hybridized carbons (Fsp3) is 0.368. The first kappa shape index (κ1) is 30.9. The first-order chi connectivity index (χ1) is 21.4. The van der Waals surface area contributed by atoms with Crippen molar-refractivity contribution in [2.45, 2.75) is 70.8 Å². The molecule has 0 saturated heterocycles. The van der Waals surface area contributed by atoms with Gasteiger partial charge in [0.15, 0.2) is 0 Å². The molecule has 44 heavy (non-hydrogen) atoms. The van der Waals surface area contributed by atoms with E-state index in [2.05, 4.69) is 59.1 Å². The highest BCUT2D eigenvalue weighted by Gasteiger charge is 2.33. The van der Waals surface area contributed by atoms with Crippen LogP contribution in [-0.4, -0.2) is 25.7 Å². The van der Waals surface area contributed by atoms with Gasteiger partial charge in [-0.05, 0) is 80.4 Å². The number of carbonyl (C=O) groups is 1. The SMILES string of the molecule is C#Cc1cnc(C[C@H]2CC[C@H](C(C(=O)NCc3ccccc3)c3ccc(-c4cnn(C)c4)cc3)CC2)nc1CCCC(=C)C. The second-order valence-corrected chi connectivity index (χ2v) is 12.3. The van der Waals surface area contributed by atoms with Crippen molar-refractivity contribution in [2.24, 2.45) is 18.9 Å². The molecule has 1 saturated carbocycles. The Balaban J connectivity index is 1.27. The van der Waals surface area contributed by atoms with Gasteiger partial charge in [0.05, 0.1) is 23.4 Å². The lowest BCUT2D eigenvalue weighted by molar-refractivity contribution is -0.124. The number of terminal acetylenes is 1. The van der Waals surface area contributed by atoms with Crippen LogP contribution in [0.15, 0.2) is 85.3 Å². The van der Waals surface area contributed by atoms with Crippen LogP contribution < -0.4 is 5.32 Å². The van der Waals surface area contributed by atoms with Crippen LogP contribution in [0.3, 0.4) is 0 Å². The van der Waals surface area contributed by atoms with Gasteiger partial charge in [0.25, 0.3) is 0 Å². The lowest BCUT2D eigenvalue weighted by Crippen LogP contribution is -2.35. The molecule has 0 spiro atoms. The number of allylic oxidation sites excluding steroid dienone is 1. The molecule has 4 aromatic rings. The summed E-state index contributed by atoms with van der Waals surface area (Å²) < 4.78 is 1.81. The molecular formula is C38H43N5O. The molecule has 2 aromatic heterocycles. The highest BCUT2D eigenvalue weighted by molar-refractivity contribution is 5.84. The number of rotatable bonds is 12. The molecule has 1 N–H and O–H groups in total. The smallest absolute Gasteiger partial charge is 0.228 e. The minimum Gasteiger partial charge on any atom is -0.351 e. The van der Waals surface area contributed by atoms with Crippen LogP contribution in [0.4, 0.5) is 0 Å². The van der Waals surface area contributed by atoms with Crippen LogP contribution in [0, 0.1) is 24.2 Å². The van der Waals surface area contributed by atoms with Gasteiger partial charge in [-0.3, -0.25) is 9.48 Å². The number of aryl methyl sites for hydroxylation is 2. The number of amides is 1. The molecule has 1 amide bonds. The van der Waals surface area contributed by atoms with Gasteiger partial charge in [-0.15, -0.1) is 13.0 Å². The number of aromatic nitrogens is 4. The average molecular weight is 586 g/mol. The lowest BCUT2D eigenvalue weighted by Gasteiger charge is -2.33. The van der Waals surface area contributed by atoms with E-state index in [1.165, 1.54) is 5.57 Å². The van der Waals surface area contributed by atoms with Gasteiger partial charge in [-0.1, -0.05) is 66.1 Å². The van der Waals surface area contributed by atoms with Gasteiger partial charge in [0, 0.05) is 38.0 Å². The van der Waals surface area contributed by atoms with Crippen LogP contribution >= 0.6 is 0 Å². The van der Waals surface area contributed by atoms with Gasteiger partial charge in [-0.25, -0.2) is 9.97 Å². The average Bonchev–Trinajstić information content (AvgIpc) is 3.48. The van der Waals surface area contributed by atoms with Crippen molar-refractivity contribution in [3.8, 4) is 23.5 Å². The van der Waals surface area contributed by atoms with E-state index in [1.54, 1.807) is 4.68 Å². The van der Waals surface area contributed by atoms with Crippen molar-refractivity contribution < 1.29 is 4.79 Å². The Morgan fingerprint density at radius 1 is 1.07 bits per heavy atom. The maximum absolute atomic E-state index is 13.8. The molecule has 5 rings (SSSR count). The maximum Gasteiger partial charge on any atom is 0.228 e. The summed E-state index contributed by atoms with van der Waals surface area (Å²) in [6.45, 7) is 6.59. The molecular weight excluding hydrogens is 542 g/mol. The summed E-state index contributed by atoms with van der Waals surface area (Å²) in [5.41, 5.74) is 7.28. The maximum atomic E-state index is 13.8. The first-order valence-electron chi connectivity index (χ1n) is 15.8. The predicted octanol–water partition coefficient (Wildman–Crippen LogP) is 7.21. The fourth-order valence-electron chi connectivity index (χ4n) is 6.40. The molecule has 1 aliphatic rings. The number of hydrogen-bond acceptors (Lipinski definition) is 4. The van der Waals surface area contributed by atoms with Gasteiger partial charge in [0.2, 0.25) is 5.91 Å². The van der Waals surface area contributed by atoms with E-state index in [9.17, 15) is 4.79 Å². The molecule has 2 aromatic carbocycles. The third-order valence-electron chi connectivity index (χ3n) is 8.82. The molecule has 0 aliphatic heterocycles. The first-order valence-corrected chi connectivity index (χ1v) is 15.8.